The Hall–Kier alpha value is -0.790. The zero-order valence-electron chi connectivity index (χ0n) is 8.83. The van der Waals surface area contributed by atoms with E-state index in [1.807, 2.05) is 6.92 Å². The number of allylic oxidation sites excluding steroid dienone is 2. The Balaban J connectivity index is 1.72. The first-order chi connectivity index (χ1) is 6.79. The number of carbonyl (C=O) groups excluding carboxylic acids is 1. The number of hydrogen-bond acceptors (Lipinski definition) is 1. The Bertz CT molecular complexity index is 247. The molecule has 0 aliphatic heterocycles. The molecule has 0 aromatic rings. The molecule has 2 aliphatic rings. The maximum Gasteiger partial charge on any atom is 0.219 e. The predicted octanol–water partition coefficient (Wildman–Crippen LogP) is 2.11. The molecule has 3 unspecified atom stereocenters. The number of rotatable bonds is 4. The van der Waals surface area contributed by atoms with E-state index in [1.54, 1.807) is 0 Å². The van der Waals surface area contributed by atoms with Crippen LogP contribution in [0.15, 0.2) is 12.2 Å². The fourth-order valence-corrected chi connectivity index (χ4v) is 2.69. The van der Waals surface area contributed by atoms with Gasteiger partial charge in [-0.25, -0.2) is 0 Å². The average Bonchev–Trinajstić information content (AvgIpc) is 2.76. The summed E-state index contributed by atoms with van der Waals surface area (Å²) in [5.74, 6) is 2.50. The highest BCUT2D eigenvalue weighted by molar-refractivity contribution is 5.75. The third-order valence-corrected chi connectivity index (χ3v) is 3.45. The number of carbonyl (C=O) groups is 1. The Morgan fingerprint density at radius 3 is 2.86 bits per heavy atom. The summed E-state index contributed by atoms with van der Waals surface area (Å²) in [5, 5.41) is 3.04. The molecule has 0 spiro atoms. The lowest BCUT2D eigenvalue weighted by molar-refractivity contribution is -0.121. The minimum atomic E-state index is 0.222. The molecule has 78 valence electrons. The van der Waals surface area contributed by atoms with Gasteiger partial charge in [0.15, 0.2) is 0 Å². The molecule has 0 aromatic carbocycles. The smallest absolute Gasteiger partial charge is 0.219 e. The van der Waals surface area contributed by atoms with Gasteiger partial charge in [-0.15, -0.1) is 0 Å². The fraction of sp³-hybridized carbons (Fsp3) is 0.750. The largest absolute Gasteiger partial charge is 0.356 e. The quantitative estimate of drug-likeness (QED) is 0.681. The molecule has 2 aliphatic carbocycles. The van der Waals surface area contributed by atoms with Crippen LogP contribution >= 0.6 is 0 Å². The molecule has 0 aromatic heterocycles. The van der Waals surface area contributed by atoms with E-state index < -0.39 is 0 Å². The van der Waals surface area contributed by atoms with Gasteiger partial charge in [0.25, 0.3) is 0 Å². The molecule has 3 atom stereocenters. The topological polar surface area (TPSA) is 29.1 Å². The van der Waals surface area contributed by atoms with E-state index >= 15 is 0 Å². The van der Waals surface area contributed by atoms with Crippen LogP contribution in [0.4, 0.5) is 0 Å². The van der Waals surface area contributed by atoms with E-state index in [2.05, 4.69) is 17.5 Å². The summed E-state index contributed by atoms with van der Waals surface area (Å²) in [6.45, 7) is 2.93. The van der Waals surface area contributed by atoms with Gasteiger partial charge in [0.05, 0.1) is 0 Å². The van der Waals surface area contributed by atoms with Crippen LogP contribution < -0.4 is 5.32 Å². The molecule has 1 amide bonds. The van der Waals surface area contributed by atoms with Crippen molar-refractivity contribution in [2.24, 2.45) is 17.8 Å². The first kappa shape index (κ1) is 9.75. The highest BCUT2D eigenvalue weighted by Crippen LogP contribution is 2.42. The molecule has 1 N–H and O–H groups in total. The van der Waals surface area contributed by atoms with Crippen molar-refractivity contribution < 1.29 is 4.79 Å². The lowest BCUT2D eigenvalue weighted by Gasteiger charge is -2.18. The van der Waals surface area contributed by atoms with Crippen molar-refractivity contribution in [3.8, 4) is 0 Å². The summed E-state index contributed by atoms with van der Waals surface area (Å²) in [4.78, 5) is 11.3. The number of fused-ring (bicyclic) bond motifs is 2. The van der Waals surface area contributed by atoms with Crippen LogP contribution in [0.25, 0.3) is 0 Å². The maximum absolute atomic E-state index is 11.3. The molecule has 2 rings (SSSR count). The van der Waals surface area contributed by atoms with Gasteiger partial charge in [-0.05, 0) is 37.0 Å². The van der Waals surface area contributed by atoms with Crippen LogP contribution in [0.3, 0.4) is 0 Å². The normalized spacial score (nSPS) is 33.6. The van der Waals surface area contributed by atoms with Crippen molar-refractivity contribution in [1.82, 2.24) is 5.32 Å². The van der Waals surface area contributed by atoms with Crippen molar-refractivity contribution in [3.63, 3.8) is 0 Å². The van der Waals surface area contributed by atoms with E-state index in [9.17, 15) is 4.79 Å². The summed E-state index contributed by atoms with van der Waals surface area (Å²) in [6.07, 6.45) is 8.92. The third-order valence-electron chi connectivity index (χ3n) is 3.45. The zero-order chi connectivity index (χ0) is 9.97. The highest BCUT2D eigenvalue weighted by atomic mass is 16.1. The zero-order valence-corrected chi connectivity index (χ0v) is 8.83. The van der Waals surface area contributed by atoms with E-state index in [0.29, 0.717) is 12.3 Å². The predicted molar refractivity (Wildman–Crippen MR) is 56.8 cm³/mol. The van der Waals surface area contributed by atoms with Crippen molar-refractivity contribution in [1.29, 1.82) is 0 Å². The second-order valence-electron chi connectivity index (χ2n) is 4.59. The minimum Gasteiger partial charge on any atom is -0.356 e. The van der Waals surface area contributed by atoms with Crippen molar-refractivity contribution in [3.05, 3.63) is 12.2 Å². The van der Waals surface area contributed by atoms with Crippen LogP contribution in [0.2, 0.25) is 0 Å². The molecule has 1 saturated carbocycles. The van der Waals surface area contributed by atoms with Crippen molar-refractivity contribution in [2.45, 2.75) is 32.6 Å². The number of nitrogens with one attached hydrogen (secondary N) is 1. The van der Waals surface area contributed by atoms with E-state index in [0.717, 1.165) is 24.8 Å². The van der Waals surface area contributed by atoms with Crippen LogP contribution in [-0.2, 0) is 4.79 Å². The van der Waals surface area contributed by atoms with E-state index in [4.69, 9.17) is 0 Å². The molecule has 0 heterocycles. The molecule has 2 bridgehead atoms. The number of hydrogen-bond donors (Lipinski definition) is 1. The number of amides is 1. The first-order valence-electron chi connectivity index (χ1n) is 5.74. The Morgan fingerprint density at radius 1 is 1.43 bits per heavy atom. The summed E-state index contributed by atoms with van der Waals surface area (Å²) in [5.41, 5.74) is 0. The Labute approximate surface area is 85.8 Å². The molecule has 0 saturated heterocycles. The Morgan fingerprint density at radius 2 is 2.29 bits per heavy atom. The van der Waals surface area contributed by atoms with Crippen molar-refractivity contribution in [2.75, 3.05) is 6.54 Å². The van der Waals surface area contributed by atoms with Gasteiger partial charge in [0.2, 0.25) is 5.91 Å². The van der Waals surface area contributed by atoms with Gasteiger partial charge in [0.1, 0.15) is 0 Å². The molecule has 2 heteroatoms. The summed E-state index contributed by atoms with van der Waals surface area (Å²) in [7, 11) is 0. The molecular formula is C12H19NO. The van der Waals surface area contributed by atoms with Gasteiger partial charge >= 0.3 is 0 Å². The SMILES string of the molecule is CCCC(=O)NCC1CC2C=CC1C2. The monoisotopic (exact) mass is 193 g/mol. The standard InChI is InChI=1S/C12H19NO/c1-2-3-12(14)13-8-11-7-9-4-5-10(11)6-9/h4-5,9-11H,2-3,6-8H2,1H3,(H,13,14). The highest BCUT2D eigenvalue weighted by Gasteiger charge is 2.35. The van der Waals surface area contributed by atoms with Gasteiger partial charge in [-0.2, -0.15) is 0 Å². The summed E-state index contributed by atoms with van der Waals surface area (Å²) < 4.78 is 0. The van der Waals surface area contributed by atoms with E-state index in [-0.39, 0.29) is 5.91 Å². The van der Waals surface area contributed by atoms with E-state index in [1.165, 1.54) is 12.8 Å². The summed E-state index contributed by atoms with van der Waals surface area (Å²) >= 11 is 0. The molecule has 2 nitrogen and oxygen atoms in total. The first-order valence-corrected chi connectivity index (χ1v) is 5.74. The van der Waals surface area contributed by atoms with Gasteiger partial charge < -0.3 is 5.32 Å². The second-order valence-corrected chi connectivity index (χ2v) is 4.59. The fourth-order valence-electron chi connectivity index (χ4n) is 2.69. The lowest BCUT2D eigenvalue weighted by Crippen LogP contribution is -2.30. The van der Waals surface area contributed by atoms with Crippen molar-refractivity contribution >= 4 is 5.91 Å². The molecule has 1 fully saturated rings. The summed E-state index contributed by atoms with van der Waals surface area (Å²) in [6, 6.07) is 0. The van der Waals surface area contributed by atoms with Gasteiger partial charge in [-0.3, -0.25) is 4.79 Å². The molecule has 14 heavy (non-hydrogen) atoms. The minimum absolute atomic E-state index is 0.222. The van der Waals surface area contributed by atoms with Crippen LogP contribution in [0, 0.1) is 17.8 Å². The van der Waals surface area contributed by atoms with Crippen LogP contribution in [0.1, 0.15) is 32.6 Å². The van der Waals surface area contributed by atoms with Gasteiger partial charge in [-0.1, -0.05) is 19.1 Å². The molecular weight excluding hydrogens is 174 g/mol. The van der Waals surface area contributed by atoms with Gasteiger partial charge in [0, 0.05) is 13.0 Å². The maximum atomic E-state index is 11.3. The Kier molecular flexibility index (Phi) is 2.90. The average molecular weight is 193 g/mol. The van der Waals surface area contributed by atoms with Crippen LogP contribution in [0.5, 0.6) is 0 Å². The second kappa shape index (κ2) is 4.16. The molecule has 0 radical (unpaired) electrons. The third kappa shape index (κ3) is 1.99. The van der Waals surface area contributed by atoms with Crippen LogP contribution in [-0.4, -0.2) is 12.5 Å². The lowest BCUT2D eigenvalue weighted by atomic mass is 9.93.